The van der Waals surface area contributed by atoms with Crippen LogP contribution in [-0.4, -0.2) is 23.8 Å². The monoisotopic (exact) mass is 302 g/mol. The second kappa shape index (κ2) is 5.21. The highest BCUT2D eigenvalue weighted by Gasteiger charge is 2.14. The van der Waals surface area contributed by atoms with Gasteiger partial charge in [-0.3, -0.25) is 9.36 Å². The Bertz CT molecular complexity index is 853. The molecule has 0 spiro atoms. The summed E-state index contributed by atoms with van der Waals surface area (Å²) in [6, 6.07) is 5.34. The zero-order valence-corrected chi connectivity index (χ0v) is 12.7. The Morgan fingerprint density at radius 1 is 1.19 bits per heavy atom. The van der Waals surface area contributed by atoms with E-state index in [4.69, 9.17) is 9.47 Å². The molecule has 3 rings (SSSR count). The number of methoxy groups -OCH3 is 2. The molecule has 0 amide bonds. The molecule has 21 heavy (non-hydrogen) atoms. The van der Waals surface area contributed by atoms with Gasteiger partial charge >= 0.3 is 0 Å². The molecule has 0 aliphatic carbocycles. The number of benzene rings is 1. The lowest BCUT2D eigenvalue weighted by Gasteiger charge is -2.11. The zero-order chi connectivity index (χ0) is 15.0. The molecule has 0 fully saturated rings. The first-order valence-electron chi connectivity index (χ1n) is 6.31. The predicted octanol–water partition coefficient (Wildman–Crippen LogP) is 2.68. The van der Waals surface area contributed by atoms with Crippen LogP contribution in [0.1, 0.15) is 0 Å². The fourth-order valence-corrected chi connectivity index (χ4v) is 2.88. The van der Waals surface area contributed by atoms with Crippen LogP contribution >= 0.6 is 11.3 Å². The summed E-state index contributed by atoms with van der Waals surface area (Å²) in [6.07, 6.45) is 0. The highest BCUT2D eigenvalue weighted by Crippen LogP contribution is 2.31. The fourth-order valence-electron chi connectivity index (χ4n) is 2.25. The van der Waals surface area contributed by atoms with Crippen molar-refractivity contribution in [3.05, 3.63) is 39.3 Å². The van der Waals surface area contributed by atoms with Crippen LogP contribution in [0.15, 0.2) is 33.8 Å². The second-order valence-corrected chi connectivity index (χ2v) is 5.32. The van der Waals surface area contributed by atoms with Crippen LogP contribution in [0.4, 0.5) is 0 Å². The van der Waals surface area contributed by atoms with Crippen molar-refractivity contribution in [2.24, 2.45) is 7.05 Å². The normalized spacial score (nSPS) is 10.8. The topological polar surface area (TPSA) is 53.4 Å². The largest absolute Gasteiger partial charge is 0.493 e. The van der Waals surface area contributed by atoms with Gasteiger partial charge in [-0.25, -0.2) is 4.98 Å². The Balaban J connectivity index is 2.36. The number of hydrogen-bond acceptors (Lipinski definition) is 5. The number of ether oxygens (including phenoxy) is 2. The Kier molecular flexibility index (Phi) is 3.39. The van der Waals surface area contributed by atoms with E-state index in [2.05, 4.69) is 4.98 Å². The third-order valence-electron chi connectivity index (χ3n) is 3.36. The number of hydrogen-bond donors (Lipinski definition) is 0. The molecule has 0 unspecified atom stereocenters. The summed E-state index contributed by atoms with van der Waals surface area (Å²) in [5.41, 5.74) is 1.41. The van der Waals surface area contributed by atoms with Crippen LogP contribution in [-0.2, 0) is 7.05 Å². The van der Waals surface area contributed by atoms with Crippen LogP contribution in [0.5, 0.6) is 11.5 Å². The summed E-state index contributed by atoms with van der Waals surface area (Å²) in [7, 11) is 4.82. The SMILES string of the molecule is COc1cc2nc(-c3ccsc3)n(C)c(=O)c2cc1OC. The molecule has 0 bridgehead atoms. The Labute approximate surface area is 125 Å². The van der Waals surface area contributed by atoms with E-state index in [9.17, 15) is 4.79 Å². The molecule has 2 heterocycles. The first-order chi connectivity index (χ1) is 10.2. The average Bonchev–Trinajstić information content (AvgIpc) is 3.03. The zero-order valence-electron chi connectivity index (χ0n) is 11.9. The molecule has 0 aliphatic rings. The van der Waals surface area contributed by atoms with E-state index < -0.39 is 0 Å². The number of nitrogens with zero attached hydrogens (tertiary/aromatic N) is 2. The minimum atomic E-state index is -0.109. The van der Waals surface area contributed by atoms with Crippen LogP contribution in [0, 0.1) is 0 Å². The third kappa shape index (κ3) is 2.17. The molecule has 0 N–H and O–H groups in total. The number of thiophene rings is 1. The lowest BCUT2D eigenvalue weighted by atomic mass is 10.2. The lowest BCUT2D eigenvalue weighted by molar-refractivity contribution is 0.355. The summed E-state index contributed by atoms with van der Waals surface area (Å²) >= 11 is 1.57. The maximum atomic E-state index is 12.5. The van der Waals surface area contributed by atoms with Crippen molar-refractivity contribution in [2.45, 2.75) is 0 Å². The van der Waals surface area contributed by atoms with Crippen molar-refractivity contribution in [1.82, 2.24) is 9.55 Å². The molecule has 0 aliphatic heterocycles. The van der Waals surface area contributed by atoms with E-state index in [0.29, 0.717) is 28.2 Å². The van der Waals surface area contributed by atoms with Gasteiger partial charge in [0.15, 0.2) is 11.5 Å². The second-order valence-electron chi connectivity index (χ2n) is 4.54. The summed E-state index contributed by atoms with van der Waals surface area (Å²) in [4.78, 5) is 17.1. The van der Waals surface area contributed by atoms with E-state index >= 15 is 0 Å². The smallest absolute Gasteiger partial charge is 0.261 e. The lowest BCUT2D eigenvalue weighted by Crippen LogP contribution is -2.20. The number of rotatable bonds is 3. The highest BCUT2D eigenvalue weighted by atomic mass is 32.1. The molecule has 3 aromatic rings. The van der Waals surface area contributed by atoms with Gasteiger partial charge in [0.2, 0.25) is 0 Å². The Morgan fingerprint density at radius 3 is 2.52 bits per heavy atom. The summed E-state index contributed by atoms with van der Waals surface area (Å²) in [5, 5.41) is 4.43. The van der Waals surface area contributed by atoms with Crippen molar-refractivity contribution < 1.29 is 9.47 Å². The van der Waals surface area contributed by atoms with Gasteiger partial charge in [-0.05, 0) is 17.5 Å². The molecule has 1 aromatic carbocycles. The molecule has 5 nitrogen and oxygen atoms in total. The minimum Gasteiger partial charge on any atom is -0.493 e. The third-order valence-corrected chi connectivity index (χ3v) is 4.04. The summed E-state index contributed by atoms with van der Waals surface area (Å²) in [6.45, 7) is 0. The van der Waals surface area contributed by atoms with E-state index in [-0.39, 0.29) is 5.56 Å². The van der Waals surface area contributed by atoms with Crippen molar-refractivity contribution in [2.75, 3.05) is 14.2 Å². The van der Waals surface area contributed by atoms with Crippen LogP contribution in [0.25, 0.3) is 22.3 Å². The van der Waals surface area contributed by atoms with Gasteiger partial charge < -0.3 is 9.47 Å². The van der Waals surface area contributed by atoms with Gasteiger partial charge in [0.25, 0.3) is 5.56 Å². The van der Waals surface area contributed by atoms with E-state index in [0.717, 1.165) is 5.56 Å². The highest BCUT2D eigenvalue weighted by molar-refractivity contribution is 7.08. The van der Waals surface area contributed by atoms with Gasteiger partial charge in [-0.1, -0.05) is 0 Å². The van der Waals surface area contributed by atoms with Gasteiger partial charge in [0.05, 0.1) is 25.1 Å². The number of aromatic nitrogens is 2. The van der Waals surface area contributed by atoms with Crippen LogP contribution in [0.3, 0.4) is 0 Å². The molecule has 0 saturated heterocycles. The van der Waals surface area contributed by atoms with Crippen LogP contribution < -0.4 is 15.0 Å². The predicted molar refractivity (Wildman–Crippen MR) is 83.4 cm³/mol. The Morgan fingerprint density at radius 2 is 1.90 bits per heavy atom. The fraction of sp³-hybridized carbons (Fsp3) is 0.200. The van der Waals surface area contributed by atoms with Crippen molar-refractivity contribution in [3.63, 3.8) is 0 Å². The van der Waals surface area contributed by atoms with E-state index in [1.54, 1.807) is 49.3 Å². The molecule has 0 radical (unpaired) electrons. The van der Waals surface area contributed by atoms with E-state index in [1.165, 1.54) is 0 Å². The maximum Gasteiger partial charge on any atom is 0.261 e. The quantitative estimate of drug-likeness (QED) is 0.746. The molecule has 6 heteroatoms. The van der Waals surface area contributed by atoms with Crippen LogP contribution in [0.2, 0.25) is 0 Å². The molecule has 108 valence electrons. The first-order valence-corrected chi connectivity index (χ1v) is 7.25. The maximum absolute atomic E-state index is 12.5. The summed E-state index contributed by atoms with van der Waals surface area (Å²) < 4.78 is 12.1. The first kappa shape index (κ1) is 13.6. The molecular weight excluding hydrogens is 288 g/mol. The molecule has 0 saturated carbocycles. The summed E-state index contributed by atoms with van der Waals surface area (Å²) in [5.74, 6) is 1.72. The Hall–Kier alpha value is -2.34. The van der Waals surface area contributed by atoms with Crippen molar-refractivity contribution in [1.29, 1.82) is 0 Å². The average molecular weight is 302 g/mol. The van der Waals surface area contributed by atoms with Gasteiger partial charge in [0.1, 0.15) is 5.82 Å². The van der Waals surface area contributed by atoms with Gasteiger partial charge in [-0.2, -0.15) is 11.3 Å². The van der Waals surface area contributed by atoms with Gasteiger partial charge in [0, 0.05) is 24.1 Å². The molecular formula is C15H14N2O3S. The van der Waals surface area contributed by atoms with Crippen molar-refractivity contribution in [3.8, 4) is 22.9 Å². The number of fused-ring (bicyclic) bond motifs is 1. The standard InChI is InChI=1S/C15H14N2O3S/c1-17-14(9-4-5-21-8-9)16-11-7-13(20-3)12(19-2)6-10(11)15(17)18/h4-8H,1-3H3. The van der Waals surface area contributed by atoms with Gasteiger partial charge in [-0.15, -0.1) is 0 Å². The van der Waals surface area contributed by atoms with E-state index in [1.807, 2.05) is 16.8 Å². The minimum absolute atomic E-state index is 0.109. The van der Waals surface area contributed by atoms with Crippen molar-refractivity contribution >= 4 is 22.2 Å². The molecule has 2 aromatic heterocycles. The molecule has 0 atom stereocenters.